The second-order valence-electron chi connectivity index (χ2n) is 0.704. The first-order valence-corrected chi connectivity index (χ1v) is 3.13. The first-order chi connectivity index (χ1) is 3.00. The summed E-state index contributed by atoms with van der Waals surface area (Å²) in [5.41, 5.74) is 0. The highest BCUT2D eigenvalue weighted by Gasteiger charge is 1.85. The van der Waals surface area contributed by atoms with Crippen molar-refractivity contribution in [3.05, 3.63) is 0 Å². The Labute approximate surface area is 42.5 Å². The van der Waals surface area contributed by atoms with Crippen LogP contribution >= 0.6 is 0 Å². The van der Waals surface area contributed by atoms with Crippen LogP contribution in [0.3, 0.4) is 0 Å². The van der Waals surface area contributed by atoms with Crippen molar-refractivity contribution >= 4 is 10.1 Å². The molecule has 4 nitrogen and oxygen atoms in total. The summed E-state index contributed by atoms with van der Waals surface area (Å²) < 4.78 is 27.2. The van der Waals surface area contributed by atoms with Crippen LogP contribution in [0, 0.1) is 0 Å². The van der Waals surface area contributed by atoms with Crippen LogP contribution in [0.5, 0.6) is 0 Å². The van der Waals surface area contributed by atoms with Crippen molar-refractivity contribution in [3.63, 3.8) is 0 Å². The van der Waals surface area contributed by atoms with Gasteiger partial charge in [-0.15, -0.1) is 0 Å². The van der Waals surface area contributed by atoms with E-state index < -0.39 is 10.1 Å². The monoisotopic (exact) mass is 126 g/mol. The molecule has 0 bridgehead atoms. The molecule has 0 saturated heterocycles. The summed E-state index contributed by atoms with van der Waals surface area (Å²) >= 11 is 0. The van der Waals surface area contributed by atoms with Gasteiger partial charge in [0.25, 0.3) is 10.1 Å². The highest BCUT2D eigenvalue weighted by molar-refractivity contribution is 7.84. The largest absolute Gasteiger partial charge is 0.291 e. The molecule has 0 spiro atoms. The van der Waals surface area contributed by atoms with Gasteiger partial charge < -0.3 is 0 Å². The van der Waals surface area contributed by atoms with E-state index in [1.165, 1.54) is 0 Å². The predicted molar refractivity (Wildman–Crippen MR) is 22.1 cm³/mol. The Hall–Kier alpha value is -0.130. The Bertz CT molecular complexity index is 92.9. The zero-order valence-corrected chi connectivity index (χ0v) is 4.86. The van der Waals surface area contributed by atoms with Gasteiger partial charge in [-0.1, -0.05) is 4.55 Å². The summed E-state index contributed by atoms with van der Waals surface area (Å²) in [6.07, 6.45) is 0.604. The quantitative estimate of drug-likeness (QED) is 0.435. The molecule has 7 heavy (non-hydrogen) atoms. The van der Waals surface area contributed by atoms with E-state index in [4.69, 9.17) is 18.1 Å². The molecular weight excluding hydrogens is 120 g/mol. The van der Waals surface area contributed by atoms with Crippen LogP contribution in [0.2, 0.25) is 0 Å². The predicted octanol–water partition coefficient (Wildman–Crippen LogP) is -0.577. The second kappa shape index (κ2) is 4.04. The lowest BCUT2D eigenvalue weighted by atomic mass is 11.8. The first kappa shape index (κ1) is 9.98. The molecular formula is C2H6O4S. The number of hydrogen-bond donors (Lipinski definition) is 0. The maximum Gasteiger partial charge on any atom is 0.291 e. The Morgan fingerprint density at radius 1 is 1.14 bits per heavy atom. The maximum absolute atomic E-state index is 9.08. The molecule has 0 aromatic rings. The van der Waals surface area contributed by atoms with E-state index in [-0.39, 0.29) is 0 Å². The summed E-state index contributed by atoms with van der Waals surface area (Å²) in [6.45, 7) is 0. The van der Waals surface area contributed by atoms with Crippen LogP contribution in [-0.2, 0) is 19.8 Å². The first-order valence-electron chi connectivity index (χ1n) is 1.32. The summed E-state index contributed by atoms with van der Waals surface area (Å²) in [5.74, 6) is 0. The van der Waals surface area contributed by atoms with Crippen molar-refractivity contribution in [1.29, 1.82) is 0 Å². The molecule has 0 unspecified atom stereocenters. The van der Waals surface area contributed by atoms with Crippen molar-refractivity contribution in [2.75, 3.05) is 13.4 Å². The number of hydrogen-bond acceptors (Lipinski definition) is 2. The van der Waals surface area contributed by atoms with Crippen molar-refractivity contribution < 1.29 is 18.1 Å². The standard InChI is InChI=1S/CH3O3S.CH3O/c1-5(2,3)4;1-2/h1H3;1H3. The normalized spacial score (nSPS) is 9.14. The van der Waals surface area contributed by atoms with Gasteiger partial charge in [-0.2, -0.15) is 8.42 Å². The lowest BCUT2D eigenvalue weighted by molar-refractivity contribution is 0.282. The smallest absolute Gasteiger partial charge is 0.240 e. The molecule has 0 rings (SSSR count). The summed E-state index contributed by atoms with van der Waals surface area (Å²) in [7, 11) is -3.17. The van der Waals surface area contributed by atoms with E-state index in [2.05, 4.69) is 0 Å². The molecule has 5 heteroatoms. The molecule has 0 aliphatic carbocycles. The van der Waals surface area contributed by atoms with E-state index in [1.54, 1.807) is 0 Å². The fourth-order valence-electron chi connectivity index (χ4n) is 0. The van der Waals surface area contributed by atoms with E-state index in [0.717, 1.165) is 7.11 Å². The molecule has 0 atom stereocenters. The molecule has 0 aromatic heterocycles. The number of rotatable bonds is 0. The third kappa shape index (κ3) is 5200. The summed E-state index contributed by atoms with van der Waals surface area (Å²) in [4.78, 5) is 0. The molecule has 0 aliphatic heterocycles. The molecule has 44 valence electrons. The Morgan fingerprint density at radius 2 is 1.14 bits per heavy atom. The van der Waals surface area contributed by atoms with Gasteiger partial charge in [0.2, 0.25) is 0 Å². The second-order valence-corrected chi connectivity index (χ2v) is 2.11. The van der Waals surface area contributed by atoms with Gasteiger partial charge in [-0.3, -0.25) is 0 Å². The zero-order chi connectivity index (χ0) is 6.50. The van der Waals surface area contributed by atoms with E-state index in [9.17, 15) is 0 Å². The Kier molecular flexibility index (Phi) is 5.76. The van der Waals surface area contributed by atoms with Crippen molar-refractivity contribution in [2.45, 2.75) is 0 Å². The molecule has 0 N–H and O–H groups in total. The van der Waals surface area contributed by atoms with Crippen LogP contribution in [0.4, 0.5) is 0 Å². The molecule has 2 radical (unpaired) electrons. The summed E-state index contributed by atoms with van der Waals surface area (Å²) in [5, 5.41) is 8.25. The third-order valence-electron chi connectivity index (χ3n) is 0. The van der Waals surface area contributed by atoms with Gasteiger partial charge in [0.1, 0.15) is 0 Å². The van der Waals surface area contributed by atoms with Gasteiger partial charge in [0, 0.05) is 0 Å². The maximum atomic E-state index is 9.08. The van der Waals surface area contributed by atoms with Crippen molar-refractivity contribution in [2.24, 2.45) is 0 Å². The van der Waals surface area contributed by atoms with Crippen LogP contribution in [0.25, 0.3) is 0 Å². The third-order valence-corrected chi connectivity index (χ3v) is 0. The minimum atomic E-state index is -3.92. The van der Waals surface area contributed by atoms with Crippen LogP contribution in [-0.4, -0.2) is 21.8 Å². The van der Waals surface area contributed by atoms with Gasteiger partial charge in [-0.05, 0) is 0 Å². The molecule has 0 heterocycles. The Balaban J connectivity index is 0. The molecule has 0 amide bonds. The average Bonchev–Trinajstić information content (AvgIpc) is 1.36. The zero-order valence-electron chi connectivity index (χ0n) is 4.04. The lowest BCUT2D eigenvalue weighted by Gasteiger charge is -1.64. The SMILES string of the molecule is CS([O])(=O)=O.C[O]. The molecule has 0 saturated carbocycles. The van der Waals surface area contributed by atoms with E-state index in [1.807, 2.05) is 0 Å². The van der Waals surface area contributed by atoms with Crippen LogP contribution in [0.1, 0.15) is 0 Å². The highest BCUT2D eigenvalue weighted by atomic mass is 32.2. The Morgan fingerprint density at radius 3 is 1.14 bits per heavy atom. The fraction of sp³-hybridized carbons (Fsp3) is 1.00. The van der Waals surface area contributed by atoms with Gasteiger partial charge in [0.15, 0.2) is 0 Å². The fourth-order valence-corrected chi connectivity index (χ4v) is 0. The molecule has 0 aromatic carbocycles. The molecule has 0 fully saturated rings. The van der Waals surface area contributed by atoms with Gasteiger partial charge in [-0.25, -0.2) is 5.11 Å². The van der Waals surface area contributed by atoms with Crippen LogP contribution < -0.4 is 0 Å². The van der Waals surface area contributed by atoms with E-state index >= 15 is 0 Å². The lowest BCUT2D eigenvalue weighted by Crippen LogP contribution is -1.85. The highest BCUT2D eigenvalue weighted by Crippen LogP contribution is 1.63. The van der Waals surface area contributed by atoms with E-state index in [0.29, 0.717) is 6.26 Å². The topological polar surface area (TPSA) is 73.9 Å². The minimum absolute atomic E-state index is 0.604. The average molecular weight is 126 g/mol. The van der Waals surface area contributed by atoms with Gasteiger partial charge >= 0.3 is 0 Å². The summed E-state index contributed by atoms with van der Waals surface area (Å²) in [6, 6.07) is 0. The minimum Gasteiger partial charge on any atom is -0.240 e. The van der Waals surface area contributed by atoms with Crippen molar-refractivity contribution in [3.8, 4) is 0 Å². The molecule has 0 aliphatic rings. The van der Waals surface area contributed by atoms with Crippen molar-refractivity contribution in [1.82, 2.24) is 0 Å². The van der Waals surface area contributed by atoms with Gasteiger partial charge in [0.05, 0.1) is 13.4 Å². The van der Waals surface area contributed by atoms with Crippen LogP contribution in [0.15, 0.2) is 0 Å².